The van der Waals surface area contributed by atoms with Gasteiger partial charge in [0.05, 0.1) is 0 Å². The van der Waals surface area contributed by atoms with E-state index in [0.29, 0.717) is 11.4 Å². The Kier molecular flexibility index (Phi) is 4.40. The minimum absolute atomic E-state index is 0.119. The summed E-state index contributed by atoms with van der Waals surface area (Å²) in [6.07, 6.45) is -2.33. The Morgan fingerprint density at radius 1 is 1.40 bits per heavy atom. The van der Waals surface area contributed by atoms with E-state index in [1.54, 1.807) is 13.8 Å². The maximum absolute atomic E-state index is 12.6. The van der Waals surface area contributed by atoms with Gasteiger partial charge in [0.15, 0.2) is 0 Å². The molecule has 0 aromatic rings. The summed E-state index contributed by atoms with van der Waals surface area (Å²) in [5.74, 6) is 0.128. The van der Waals surface area contributed by atoms with E-state index in [9.17, 15) is 13.2 Å². The second kappa shape index (κ2) is 5.16. The molecule has 1 aliphatic heterocycles. The van der Waals surface area contributed by atoms with Gasteiger partial charge >= 0.3 is 6.30 Å². The normalized spacial score (nSPS) is 23.8. The summed E-state index contributed by atoms with van der Waals surface area (Å²) in [6.45, 7) is 4.94. The molecule has 0 amide bonds. The first-order valence-electron chi connectivity index (χ1n) is 5.45. The molecular weight excluding hydrogens is 205 g/mol. The largest absolute Gasteiger partial charge is 0.460 e. The molecule has 1 heterocycles. The molecule has 1 N–H and O–H groups in total. The van der Waals surface area contributed by atoms with Gasteiger partial charge in [-0.25, -0.2) is 4.90 Å². The molecular formula is C10H19F3N2. The van der Waals surface area contributed by atoms with Crippen molar-refractivity contribution in [2.24, 2.45) is 5.92 Å². The molecule has 1 rings (SSSR count). The van der Waals surface area contributed by atoms with Crippen LogP contribution in [0.1, 0.15) is 26.7 Å². The van der Waals surface area contributed by atoms with Crippen molar-refractivity contribution >= 4 is 0 Å². The maximum Gasteiger partial charge on any atom is 0.460 e. The van der Waals surface area contributed by atoms with E-state index in [2.05, 4.69) is 5.32 Å². The van der Waals surface area contributed by atoms with Gasteiger partial charge in [0.2, 0.25) is 0 Å². The third-order valence-corrected chi connectivity index (χ3v) is 2.80. The van der Waals surface area contributed by atoms with Crippen LogP contribution in [-0.4, -0.2) is 36.9 Å². The third kappa shape index (κ3) is 3.99. The van der Waals surface area contributed by atoms with Gasteiger partial charge < -0.3 is 5.32 Å². The average molecular weight is 224 g/mol. The van der Waals surface area contributed by atoms with Gasteiger partial charge in [-0.1, -0.05) is 0 Å². The van der Waals surface area contributed by atoms with E-state index in [1.165, 1.54) is 0 Å². The van der Waals surface area contributed by atoms with Gasteiger partial charge in [0, 0.05) is 12.6 Å². The molecule has 0 unspecified atom stereocenters. The zero-order chi connectivity index (χ0) is 11.5. The first-order chi connectivity index (χ1) is 6.91. The number of rotatable bonds is 3. The molecule has 5 heteroatoms. The van der Waals surface area contributed by atoms with Crippen LogP contribution < -0.4 is 5.32 Å². The van der Waals surface area contributed by atoms with Gasteiger partial charge in [-0.05, 0) is 45.7 Å². The Bertz CT molecular complexity index is 186. The van der Waals surface area contributed by atoms with E-state index in [1.807, 2.05) is 0 Å². The minimum atomic E-state index is -4.20. The summed E-state index contributed by atoms with van der Waals surface area (Å²) in [6, 6.07) is -0.480. The molecule has 1 aliphatic rings. The molecule has 90 valence electrons. The van der Waals surface area contributed by atoms with Crippen molar-refractivity contribution in [1.29, 1.82) is 0 Å². The van der Waals surface area contributed by atoms with Crippen LogP contribution in [0.4, 0.5) is 13.2 Å². The van der Waals surface area contributed by atoms with Gasteiger partial charge in [-0.15, -0.1) is 0 Å². The molecule has 0 aromatic carbocycles. The number of alkyl halides is 3. The van der Waals surface area contributed by atoms with Crippen LogP contribution in [0.25, 0.3) is 0 Å². The van der Waals surface area contributed by atoms with Crippen molar-refractivity contribution in [3.05, 3.63) is 0 Å². The number of nitrogens with zero attached hydrogens (tertiary/aromatic N) is 1. The van der Waals surface area contributed by atoms with Crippen molar-refractivity contribution < 1.29 is 13.2 Å². The van der Waals surface area contributed by atoms with Crippen LogP contribution in [0.5, 0.6) is 0 Å². The predicted molar refractivity (Wildman–Crippen MR) is 53.5 cm³/mol. The fraction of sp³-hybridized carbons (Fsp3) is 1.00. The number of hydrogen-bond donors (Lipinski definition) is 1. The number of hydrogen-bond acceptors (Lipinski definition) is 2. The monoisotopic (exact) mass is 224 g/mol. The number of piperidine rings is 1. The van der Waals surface area contributed by atoms with Crippen LogP contribution in [0.15, 0.2) is 0 Å². The minimum Gasteiger partial charge on any atom is -0.316 e. The van der Waals surface area contributed by atoms with E-state index < -0.39 is 12.3 Å². The maximum atomic E-state index is 12.6. The van der Waals surface area contributed by atoms with E-state index in [-0.39, 0.29) is 12.5 Å². The van der Waals surface area contributed by atoms with E-state index in [4.69, 9.17) is 0 Å². The smallest absolute Gasteiger partial charge is 0.316 e. The zero-order valence-electron chi connectivity index (χ0n) is 9.27. The summed E-state index contributed by atoms with van der Waals surface area (Å²) in [4.78, 5) is 0.630. The Labute approximate surface area is 88.8 Å². The molecule has 1 fully saturated rings. The molecule has 1 saturated heterocycles. The van der Waals surface area contributed by atoms with Crippen molar-refractivity contribution in [1.82, 2.24) is 10.2 Å². The summed E-state index contributed by atoms with van der Waals surface area (Å²) < 4.78 is 37.9. The molecule has 1 atom stereocenters. The Morgan fingerprint density at radius 3 is 2.47 bits per heavy atom. The number of nitrogens with one attached hydrogen (secondary N) is 1. The van der Waals surface area contributed by atoms with E-state index in [0.717, 1.165) is 19.4 Å². The SMILES string of the molecule is CC(C)N(C[C@H]1CCCNC1)C(F)(F)F. The summed E-state index contributed by atoms with van der Waals surface area (Å²) in [5, 5.41) is 3.14. The second-order valence-electron chi connectivity index (χ2n) is 4.43. The first-order valence-corrected chi connectivity index (χ1v) is 5.45. The van der Waals surface area contributed by atoms with Crippen molar-refractivity contribution in [2.75, 3.05) is 19.6 Å². The quantitative estimate of drug-likeness (QED) is 0.739. The van der Waals surface area contributed by atoms with Crippen LogP contribution in [-0.2, 0) is 0 Å². The van der Waals surface area contributed by atoms with Gasteiger partial charge in [-0.2, -0.15) is 13.2 Å². The lowest BCUT2D eigenvalue weighted by Gasteiger charge is -2.33. The molecule has 2 nitrogen and oxygen atoms in total. The van der Waals surface area contributed by atoms with Gasteiger partial charge in [-0.3, -0.25) is 0 Å². The molecule has 0 aromatic heterocycles. The molecule has 0 radical (unpaired) electrons. The fourth-order valence-electron chi connectivity index (χ4n) is 1.97. The molecule has 0 bridgehead atoms. The summed E-state index contributed by atoms with van der Waals surface area (Å²) in [5.41, 5.74) is 0. The van der Waals surface area contributed by atoms with Crippen LogP contribution in [0, 0.1) is 5.92 Å². The predicted octanol–water partition coefficient (Wildman–Crippen LogP) is 2.22. The lowest BCUT2D eigenvalue weighted by atomic mass is 9.99. The highest BCUT2D eigenvalue weighted by Crippen LogP contribution is 2.26. The van der Waals surface area contributed by atoms with Crippen LogP contribution in [0.3, 0.4) is 0 Å². The highest BCUT2D eigenvalue weighted by atomic mass is 19.4. The highest BCUT2D eigenvalue weighted by Gasteiger charge is 2.39. The Hall–Kier alpha value is -0.290. The lowest BCUT2D eigenvalue weighted by Crippen LogP contribution is -2.48. The Morgan fingerprint density at radius 2 is 2.07 bits per heavy atom. The average Bonchev–Trinajstić information content (AvgIpc) is 2.13. The van der Waals surface area contributed by atoms with Crippen LogP contribution >= 0.6 is 0 Å². The first kappa shape index (κ1) is 12.8. The summed E-state index contributed by atoms with van der Waals surface area (Å²) >= 11 is 0. The third-order valence-electron chi connectivity index (χ3n) is 2.80. The highest BCUT2D eigenvalue weighted by molar-refractivity contribution is 4.75. The fourth-order valence-corrected chi connectivity index (χ4v) is 1.97. The van der Waals surface area contributed by atoms with Crippen molar-refractivity contribution in [2.45, 2.75) is 39.0 Å². The topological polar surface area (TPSA) is 15.3 Å². The molecule has 0 aliphatic carbocycles. The standard InChI is InChI=1S/C10H19F3N2/c1-8(2)15(10(11,12)13)7-9-4-3-5-14-6-9/h8-9,14H,3-7H2,1-2H3/t9-/m0/s1. The summed E-state index contributed by atoms with van der Waals surface area (Å²) in [7, 11) is 0. The molecule has 0 spiro atoms. The molecule has 0 saturated carbocycles. The Balaban J connectivity index is 2.50. The van der Waals surface area contributed by atoms with Crippen molar-refractivity contribution in [3.63, 3.8) is 0 Å². The second-order valence-corrected chi connectivity index (χ2v) is 4.43. The zero-order valence-corrected chi connectivity index (χ0v) is 9.27. The van der Waals surface area contributed by atoms with Gasteiger partial charge in [0.1, 0.15) is 0 Å². The number of halogens is 3. The van der Waals surface area contributed by atoms with Gasteiger partial charge in [0.25, 0.3) is 0 Å². The molecule has 15 heavy (non-hydrogen) atoms. The van der Waals surface area contributed by atoms with Crippen molar-refractivity contribution in [3.8, 4) is 0 Å². The van der Waals surface area contributed by atoms with E-state index >= 15 is 0 Å². The lowest BCUT2D eigenvalue weighted by molar-refractivity contribution is -0.258. The van der Waals surface area contributed by atoms with Crippen LogP contribution in [0.2, 0.25) is 0 Å².